The summed E-state index contributed by atoms with van der Waals surface area (Å²) in [5.41, 5.74) is -0.0993. The van der Waals surface area contributed by atoms with Crippen molar-refractivity contribution in [2.75, 3.05) is 0 Å². The van der Waals surface area contributed by atoms with E-state index < -0.39 is 11.7 Å². The Morgan fingerprint density at radius 1 is 1.33 bits per heavy atom. The van der Waals surface area contributed by atoms with Crippen LogP contribution in [0.2, 0.25) is 5.02 Å². The van der Waals surface area contributed by atoms with Crippen molar-refractivity contribution >= 4 is 17.9 Å². The Morgan fingerprint density at radius 3 is 2.62 bits per heavy atom. The van der Waals surface area contributed by atoms with Crippen LogP contribution in [0.5, 0.6) is 0 Å². The van der Waals surface area contributed by atoms with E-state index >= 15 is 0 Å². The lowest BCUT2D eigenvalue weighted by atomic mass is 10.1. The number of hydrogen-bond donors (Lipinski definition) is 0. The second kappa shape index (κ2) is 4.87. The number of hydrogen-bond acceptors (Lipinski definition) is 2. The molecule has 2 aromatic rings. The molecule has 0 N–H and O–H groups in total. The van der Waals surface area contributed by atoms with Crippen LogP contribution in [-0.2, 0) is 6.18 Å². The Hall–Kier alpha value is -1.82. The van der Waals surface area contributed by atoms with Crippen LogP contribution < -0.4 is 0 Å². The molecule has 3 nitrogen and oxygen atoms in total. The molecule has 0 unspecified atom stereocenters. The number of benzene rings is 1. The largest absolute Gasteiger partial charge is 0.418 e. The van der Waals surface area contributed by atoms with Gasteiger partial charge in [-0.1, -0.05) is 11.6 Å². The topological polar surface area (TPSA) is 34.9 Å². The SMILES string of the molecule is O=Cc1cnn(-c2ccc(Cl)cc2C(F)(F)F)c1C1CC1. The standard InChI is InChI=1S/C14H10ClF3N2O/c15-10-3-4-12(11(5-10)14(16,17)18)20-13(8-1-2-8)9(7-21)6-19-20/h3-8H,1-2H2. The molecule has 21 heavy (non-hydrogen) atoms. The average Bonchev–Trinajstić information content (AvgIpc) is 3.17. The third kappa shape index (κ3) is 2.55. The number of aromatic nitrogens is 2. The van der Waals surface area contributed by atoms with Gasteiger partial charge in [0.05, 0.1) is 28.7 Å². The Bertz CT molecular complexity index is 705. The van der Waals surface area contributed by atoms with Crippen LogP contribution in [0.1, 0.15) is 40.4 Å². The fourth-order valence-electron chi connectivity index (χ4n) is 2.34. The maximum atomic E-state index is 13.2. The smallest absolute Gasteiger partial charge is 0.298 e. The van der Waals surface area contributed by atoms with Gasteiger partial charge in [0.25, 0.3) is 0 Å². The summed E-state index contributed by atoms with van der Waals surface area (Å²) in [7, 11) is 0. The van der Waals surface area contributed by atoms with Gasteiger partial charge in [-0.15, -0.1) is 0 Å². The van der Waals surface area contributed by atoms with E-state index in [1.165, 1.54) is 23.0 Å². The summed E-state index contributed by atoms with van der Waals surface area (Å²) < 4.78 is 40.8. The molecule has 0 atom stereocenters. The fraction of sp³-hybridized carbons (Fsp3) is 0.286. The van der Waals surface area contributed by atoms with E-state index in [0.29, 0.717) is 17.5 Å². The van der Waals surface area contributed by atoms with Crippen LogP contribution >= 0.6 is 11.6 Å². The lowest BCUT2D eigenvalue weighted by molar-refractivity contribution is -0.137. The molecular weight excluding hydrogens is 305 g/mol. The summed E-state index contributed by atoms with van der Waals surface area (Å²) in [5, 5.41) is 3.97. The molecule has 3 rings (SSSR count). The number of carbonyl (C=O) groups excluding carboxylic acids is 1. The zero-order chi connectivity index (χ0) is 15.2. The van der Waals surface area contributed by atoms with Crippen molar-refractivity contribution in [1.29, 1.82) is 0 Å². The number of carbonyl (C=O) groups is 1. The van der Waals surface area contributed by atoms with Crippen molar-refractivity contribution in [2.45, 2.75) is 24.9 Å². The van der Waals surface area contributed by atoms with Gasteiger partial charge in [0, 0.05) is 10.9 Å². The predicted octanol–water partition coefficient (Wildman–Crippen LogP) is 4.23. The van der Waals surface area contributed by atoms with E-state index in [1.54, 1.807) is 0 Å². The number of rotatable bonds is 3. The Kier molecular flexibility index (Phi) is 3.28. The first kappa shape index (κ1) is 14.1. The molecule has 1 aliphatic carbocycles. The quantitative estimate of drug-likeness (QED) is 0.794. The summed E-state index contributed by atoms with van der Waals surface area (Å²) in [4.78, 5) is 11.0. The fourth-order valence-corrected chi connectivity index (χ4v) is 2.51. The van der Waals surface area contributed by atoms with Gasteiger partial charge >= 0.3 is 6.18 Å². The van der Waals surface area contributed by atoms with Crippen molar-refractivity contribution in [3.05, 3.63) is 46.2 Å². The molecule has 1 fully saturated rings. The first-order valence-electron chi connectivity index (χ1n) is 6.32. The summed E-state index contributed by atoms with van der Waals surface area (Å²) in [6, 6.07) is 3.53. The van der Waals surface area contributed by atoms with Crippen molar-refractivity contribution in [3.8, 4) is 5.69 Å². The molecule has 110 valence electrons. The lowest BCUT2D eigenvalue weighted by Gasteiger charge is -2.15. The highest BCUT2D eigenvalue weighted by Crippen LogP contribution is 2.43. The molecule has 1 saturated carbocycles. The minimum Gasteiger partial charge on any atom is -0.298 e. The molecule has 1 aromatic heterocycles. The molecule has 0 radical (unpaired) electrons. The van der Waals surface area contributed by atoms with Gasteiger partial charge in [-0.25, -0.2) is 4.68 Å². The van der Waals surface area contributed by atoms with Gasteiger partial charge in [-0.2, -0.15) is 18.3 Å². The zero-order valence-corrected chi connectivity index (χ0v) is 11.4. The third-order valence-corrected chi connectivity index (χ3v) is 3.65. The van der Waals surface area contributed by atoms with Gasteiger partial charge in [0.2, 0.25) is 0 Å². The van der Waals surface area contributed by atoms with Crippen LogP contribution in [0.4, 0.5) is 13.2 Å². The molecule has 0 spiro atoms. The van der Waals surface area contributed by atoms with E-state index in [4.69, 9.17) is 11.6 Å². The van der Waals surface area contributed by atoms with Crippen molar-refractivity contribution in [2.24, 2.45) is 0 Å². The molecule has 1 aliphatic rings. The highest BCUT2D eigenvalue weighted by Gasteiger charge is 2.37. The number of halogens is 4. The van der Waals surface area contributed by atoms with E-state index in [9.17, 15) is 18.0 Å². The maximum absolute atomic E-state index is 13.2. The molecular formula is C14H10ClF3N2O. The van der Waals surface area contributed by atoms with Gasteiger partial charge in [-0.3, -0.25) is 4.79 Å². The van der Waals surface area contributed by atoms with E-state index in [2.05, 4.69) is 5.10 Å². The van der Waals surface area contributed by atoms with E-state index in [-0.39, 0.29) is 16.6 Å². The predicted molar refractivity (Wildman–Crippen MR) is 70.9 cm³/mol. The zero-order valence-electron chi connectivity index (χ0n) is 10.7. The van der Waals surface area contributed by atoms with Gasteiger partial charge in [-0.05, 0) is 31.0 Å². The van der Waals surface area contributed by atoms with Crippen LogP contribution in [-0.4, -0.2) is 16.1 Å². The van der Waals surface area contributed by atoms with Gasteiger partial charge in [0.15, 0.2) is 6.29 Å². The molecule has 1 heterocycles. The summed E-state index contributed by atoms with van der Waals surface area (Å²) in [5.74, 6) is 0.0875. The third-order valence-electron chi connectivity index (χ3n) is 3.42. The second-order valence-electron chi connectivity index (χ2n) is 4.95. The van der Waals surface area contributed by atoms with Crippen LogP contribution in [0, 0.1) is 0 Å². The lowest BCUT2D eigenvalue weighted by Crippen LogP contribution is -2.13. The first-order chi connectivity index (χ1) is 9.91. The minimum absolute atomic E-state index is 0.00168. The Labute approximate surface area is 123 Å². The molecule has 0 bridgehead atoms. The van der Waals surface area contributed by atoms with Crippen LogP contribution in [0.25, 0.3) is 5.69 Å². The number of nitrogens with zero attached hydrogens (tertiary/aromatic N) is 2. The normalized spacial score (nSPS) is 15.2. The first-order valence-corrected chi connectivity index (χ1v) is 6.70. The van der Waals surface area contributed by atoms with Crippen molar-refractivity contribution in [1.82, 2.24) is 9.78 Å². The average molecular weight is 315 g/mol. The Morgan fingerprint density at radius 2 is 2.05 bits per heavy atom. The highest BCUT2D eigenvalue weighted by atomic mass is 35.5. The number of aldehydes is 1. The Balaban J connectivity index is 2.22. The van der Waals surface area contributed by atoms with Crippen LogP contribution in [0.15, 0.2) is 24.4 Å². The molecule has 7 heteroatoms. The maximum Gasteiger partial charge on any atom is 0.418 e. The van der Waals surface area contributed by atoms with Crippen molar-refractivity contribution in [3.63, 3.8) is 0 Å². The van der Waals surface area contributed by atoms with Gasteiger partial charge < -0.3 is 0 Å². The summed E-state index contributed by atoms with van der Waals surface area (Å²) in [6.07, 6.45) is -0.924. The summed E-state index contributed by atoms with van der Waals surface area (Å²) >= 11 is 5.67. The monoisotopic (exact) mass is 314 g/mol. The molecule has 1 aromatic carbocycles. The van der Waals surface area contributed by atoms with Gasteiger partial charge in [0.1, 0.15) is 0 Å². The highest BCUT2D eigenvalue weighted by molar-refractivity contribution is 6.30. The van der Waals surface area contributed by atoms with E-state index in [1.807, 2.05) is 0 Å². The molecule has 0 amide bonds. The summed E-state index contributed by atoms with van der Waals surface area (Å²) in [6.45, 7) is 0. The van der Waals surface area contributed by atoms with Crippen LogP contribution in [0.3, 0.4) is 0 Å². The molecule has 0 aliphatic heterocycles. The molecule has 0 saturated heterocycles. The minimum atomic E-state index is -4.55. The second-order valence-corrected chi connectivity index (χ2v) is 5.38. The number of alkyl halides is 3. The van der Waals surface area contributed by atoms with E-state index in [0.717, 1.165) is 18.9 Å². The van der Waals surface area contributed by atoms with Crippen molar-refractivity contribution < 1.29 is 18.0 Å².